The standard InChI is InChI=1S/C35H41N5O4/c1-24-31(26-7-4-9-30(18-26)44-16-6-13-36-28-22-43-23-28)10-5-11-32(24)39-35-34-27(12-14-37-35)17-25(20-38-34)21-40-15-3-2-8-29(40)19-33(41)42/h4-5,7,9-12,14,17-18,20,28-29,36H,2-3,6,8,13,15-16,19,21-23H2,1H3,(H,37,39)(H,41,42). The molecule has 6 rings (SSSR count). The van der Waals surface area contributed by atoms with Crippen LogP contribution in [0.15, 0.2) is 67.0 Å². The van der Waals surface area contributed by atoms with Crippen molar-refractivity contribution in [3.05, 3.63) is 78.1 Å². The van der Waals surface area contributed by atoms with Gasteiger partial charge >= 0.3 is 5.97 Å². The van der Waals surface area contributed by atoms with Gasteiger partial charge in [-0.2, -0.15) is 0 Å². The summed E-state index contributed by atoms with van der Waals surface area (Å²) >= 11 is 0. The van der Waals surface area contributed by atoms with E-state index in [-0.39, 0.29) is 12.5 Å². The van der Waals surface area contributed by atoms with Crippen LogP contribution >= 0.6 is 0 Å². The minimum atomic E-state index is -0.736. The first-order chi connectivity index (χ1) is 21.5. The minimum absolute atomic E-state index is 0.0731. The van der Waals surface area contributed by atoms with E-state index in [1.165, 1.54) is 0 Å². The Hall–Kier alpha value is -4.05. The lowest BCUT2D eigenvalue weighted by atomic mass is 9.98. The number of pyridine rings is 2. The van der Waals surface area contributed by atoms with Crippen molar-refractivity contribution in [1.82, 2.24) is 20.2 Å². The molecule has 9 heteroatoms. The first kappa shape index (κ1) is 30.0. The molecule has 0 spiro atoms. The van der Waals surface area contributed by atoms with Crippen LogP contribution in [0.5, 0.6) is 5.75 Å². The molecule has 2 aliphatic heterocycles. The van der Waals surface area contributed by atoms with E-state index in [1.54, 1.807) is 6.20 Å². The van der Waals surface area contributed by atoms with Gasteiger partial charge in [0.1, 0.15) is 11.3 Å². The Morgan fingerprint density at radius 3 is 2.84 bits per heavy atom. The third kappa shape index (κ3) is 7.35. The number of carbonyl (C=O) groups is 1. The van der Waals surface area contributed by atoms with Crippen LogP contribution in [0.2, 0.25) is 0 Å². The summed E-state index contributed by atoms with van der Waals surface area (Å²) in [5.74, 6) is 0.830. The number of ether oxygens (including phenoxy) is 2. The molecule has 9 nitrogen and oxygen atoms in total. The number of hydrogen-bond donors (Lipinski definition) is 3. The largest absolute Gasteiger partial charge is 0.494 e. The van der Waals surface area contributed by atoms with Crippen LogP contribution in [0.3, 0.4) is 0 Å². The number of carboxylic acids is 1. The number of rotatable bonds is 13. The summed E-state index contributed by atoms with van der Waals surface area (Å²) in [5.41, 5.74) is 6.19. The Labute approximate surface area is 258 Å². The maximum atomic E-state index is 11.4. The highest BCUT2D eigenvalue weighted by molar-refractivity contribution is 5.91. The van der Waals surface area contributed by atoms with Crippen molar-refractivity contribution < 1.29 is 19.4 Å². The second-order valence-electron chi connectivity index (χ2n) is 11.8. The molecule has 4 heterocycles. The van der Waals surface area contributed by atoms with Crippen molar-refractivity contribution in [3.8, 4) is 16.9 Å². The summed E-state index contributed by atoms with van der Waals surface area (Å²) in [5, 5.41) is 17.4. The van der Waals surface area contributed by atoms with Gasteiger partial charge in [0, 0.05) is 36.1 Å². The fraction of sp³-hybridized carbons (Fsp3) is 0.400. The van der Waals surface area contributed by atoms with E-state index in [2.05, 4.69) is 63.8 Å². The number of fused-ring (bicyclic) bond motifs is 1. The number of hydrogen-bond acceptors (Lipinski definition) is 8. The number of carboxylic acid groups (broad SMARTS) is 1. The smallest absolute Gasteiger partial charge is 0.304 e. The molecule has 4 aromatic rings. The predicted molar refractivity (Wildman–Crippen MR) is 172 cm³/mol. The van der Waals surface area contributed by atoms with Crippen LogP contribution < -0.4 is 15.4 Å². The van der Waals surface area contributed by atoms with Crippen molar-refractivity contribution in [2.24, 2.45) is 0 Å². The first-order valence-corrected chi connectivity index (χ1v) is 15.6. The van der Waals surface area contributed by atoms with E-state index in [0.717, 1.165) is 96.6 Å². The van der Waals surface area contributed by atoms with Gasteiger partial charge in [0.15, 0.2) is 5.82 Å². The SMILES string of the molecule is Cc1c(Nc2nccc3cc(CN4CCCCC4CC(=O)O)cnc23)cccc1-c1cccc(OCCCNC2COC2)c1. The van der Waals surface area contributed by atoms with E-state index < -0.39 is 5.97 Å². The molecule has 230 valence electrons. The molecule has 0 bridgehead atoms. The molecular weight excluding hydrogens is 554 g/mol. The molecular formula is C35H41N5O4. The molecule has 2 aromatic heterocycles. The van der Waals surface area contributed by atoms with Crippen molar-refractivity contribution in [2.45, 2.75) is 57.7 Å². The second-order valence-corrected chi connectivity index (χ2v) is 11.8. The lowest BCUT2D eigenvalue weighted by Crippen LogP contribution is -2.46. The predicted octanol–water partition coefficient (Wildman–Crippen LogP) is 5.94. The van der Waals surface area contributed by atoms with E-state index in [4.69, 9.17) is 14.5 Å². The van der Waals surface area contributed by atoms with Crippen LogP contribution in [0, 0.1) is 6.92 Å². The van der Waals surface area contributed by atoms with Gasteiger partial charge < -0.3 is 25.2 Å². The van der Waals surface area contributed by atoms with E-state index in [1.807, 2.05) is 24.4 Å². The molecule has 44 heavy (non-hydrogen) atoms. The average Bonchev–Trinajstić information content (AvgIpc) is 3.00. The van der Waals surface area contributed by atoms with Gasteiger partial charge in [0.2, 0.25) is 0 Å². The summed E-state index contributed by atoms with van der Waals surface area (Å²) in [6.45, 7) is 6.92. The topological polar surface area (TPSA) is 109 Å². The second kappa shape index (κ2) is 14.2. The Balaban J connectivity index is 1.14. The number of anilines is 2. The average molecular weight is 596 g/mol. The van der Waals surface area contributed by atoms with E-state index >= 15 is 0 Å². The van der Waals surface area contributed by atoms with Gasteiger partial charge in [-0.3, -0.25) is 14.7 Å². The summed E-state index contributed by atoms with van der Waals surface area (Å²) in [6, 6.07) is 19.2. The first-order valence-electron chi connectivity index (χ1n) is 15.6. The molecule has 1 atom stereocenters. The van der Waals surface area contributed by atoms with Crippen LogP contribution in [-0.4, -0.2) is 70.9 Å². The van der Waals surface area contributed by atoms with E-state index in [9.17, 15) is 9.90 Å². The number of aliphatic carboxylic acids is 1. The van der Waals surface area contributed by atoms with Gasteiger partial charge in [-0.15, -0.1) is 0 Å². The Bertz CT molecular complexity index is 1590. The molecule has 2 aliphatic rings. The van der Waals surface area contributed by atoms with Gasteiger partial charge in [0.25, 0.3) is 0 Å². The van der Waals surface area contributed by atoms with Crippen molar-refractivity contribution in [3.63, 3.8) is 0 Å². The fourth-order valence-corrected chi connectivity index (χ4v) is 6.11. The lowest BCUT2D eigenvalue weighted by molar-refractivity contribution is -0.138. The Morgan fingerprint density at radius 1 is 1.11 bits per heavy atom. The molecule has 0 saturated carbocycles. The fourth-order valence-electron chi connectivity index (χ4n) is 6.11. The van der Waals surface area contributed by atoms with Gasteiger partial charge in [0.05, 0.1) is 32.3 Å². The normalized spacial score (nSPS) is 17.3. The number of piperidine rings is 1. The number of benzene rings is 2. The minimum Gasteiger partial charge on any atom is -0.494 e. The number of likely N-dealkylation sites (tertiary alicyclic amines) is 1. The zero-order valence-corrected chi connectivity index (χ0v) is 25.3. The molecule has 2 fully saturated rings. The van der Waals surface area contributed by atoms with Crippen LogP contribution in [0.1, 0.15) is 43.2 Å². The molecule has 2 saturated heterocycles. The highest BCUT2D eigenvalue weighted by Crippen LogP contribution is 2.33. The molecule has 0 aliphatic carbocycles. The summed E-state index contributed by atoms with van der Waals surface area (Å²) < 4.78 is 11.3. The third-order valence-corrected chi connectivity index (χ3v) is 8.59. The lowest BCUT2D eigenvalue weighted by Gasteiger charge is -2.34. The van der Waals surface area contributed by atoms with Crippen LogP contribution in [-0.2, 0) is 16.1 Å². The van der Waals surface area contributed by atoms with Crippen molar-refractivity contribution in [2.75, 3.05) is 38.2 Å². The van der Waals surface area contributed by atoms with Gasteiger partial charge in [-0.1, -0.05) is 30.7 Å². The Kier molecular flexibility index (Phi) is 9.65. The highest BCUT2D eigenvalue weighted by Gasteiger charge is 2.25. The maximum Gasteiger partial charge on any atom is 0.304 e. The van der Waals surface area contributed by atoms with Crippen LogP contribution in [0.25, 0.3) is 22.0 Å². The van der Waals surface area contributed by atoms with Gasteiger partial charge in [-0.05, 0) is 91.9 Å². The molecule has 0 amide bonds. The third-order valence-electron chi connectivity index (χ3n) is 8.59. The summed E-state index contributed by atoms with van der Waals surface area (Å²) in [7, 11) is 0. The molecule has 1 unspecified atom stereocenters. The Morgan fingerprint density at radius 2 is 2.00 bits per heavy atom. The number of nitrogens with one attached hydrogen (secondary N) is 2. The summed E-state index contributed by atoms with van der Waals surface area (Å²) in [4.78, 5) is 23.1. The number of nitrogens with zero attached hydrogens (tertiary/aromatic N) is 3. The molecule has 3 N–H and O–H groups in total. The highest BCUT2D eigenvalue weighted by atomic mass is 16.5. The molecule has 0 radical (unpaired) electrons. The zero-order chi connectivity index (χ0) is 30.3. The molecule has 2 aromatic carbocycles. The summed E-state index contributed by atoms with van der Waals surface area (Å²) in [6.07, 6.45) is 7.93. The zero-order valence-electron chi connectivity index (χ0n) is 25.3. The number of aromatic nitrogens is 2. The maximum absolute atomic E-state index is 11.4. The quantitative estimate of drug-likeness (QED) is 0.162. The van der Waals surface area contributed by atoms with Crippen molar-refractivity contribution in [1.29, 1.82) is 0 Å². The monoisotopic (exact) mass is 595 g/mol. The van der Waals surface area contributed by atoms with Crippen molar-refractivity contribution >= 4 is 28.4 Å². The van der Waals surface area contributed by atoms with Crippen LogP contribution in [0.4, 0.5) is 11.5 Å². The van der Waals surface area contributed by atoms with Gasteiger partial charge in [-0.25, -0.2) is 4.98 Å². The van der Waals surface area contributed by atoms with E-state index in [0.29, 0.717) is 25.0 Å².